The Balaban J connectivity index is 1.57. The molecule has 1 saturated carbocycles. The van der Waals surface area contributed by atoms with Crippen LogP contribution in [0.15, 0.2) is 35.7 Å². The summed E-state index contributed by atoms with van der Waals surface area (Å²) < 4.78 is 2.07. The average Bonchev–Trinajstić information content (AvgIpc) is 3.02. The SMILES string of the molecule is CSc1ncccc1C(=O)NC1CCC(n2cc(C)cn2)CC1. The van der Waals surface area contributed by atoms with Crippen LogP contribution in [0, 0.1) is 6.92 Å². The minimum atomic E-state index is -0.0131. The lowest BCUT2D eigenvalue weighted by Crippen LogP contribution is -2.38. The van der Waals surface area contributed by atoms with E-state index in [1.54, 1.807) is 6.20 Å². The molecule has 122 valence electrons. The molecule has 2 aromatic heterocycles. The van der Waals surface area contributed by atoms with Crippen LogP contribution < -0.4 is 5.32 Å². The first-order valence-electron chi connectivity index (χ1n) is 7.98. The molecule has 0 atom stereocenters. The second kappa shape index (κ2) is 7.17. The summed E-state index contributed by atoms with van der Waals surface area (Å²) in [5.41, 5.74) is 1.87. The number of nitrogens with one attached hydrogen (secondary N) is 1. The van der Waals surface area contributed by atoms with Crippen LogP contribution in [0.2, 0.25) is 0 Å². The number of carbonyl (C=O) groups excluding carboxylic acids is 1. The van der Waals surface area contributed by atoms with Crippen molar-refractivity contribution in [3.8, 4) is 0 Å². The summed E-state index contributed by atoms with van der Waals surface area (Å²) in [6, 6.07) is 4.35. The fraction of sp³-hybridized carbons (Fsp3) is 0.471. The van der Waals surface area contributed by atoms with Gasteiger partial charge in [0.2, 0.25) is 0 Å². The Labute approximate surface area is 140 Å². The first-order valence-corrected chi connectivity index (χ1v) is 9.20. The standard InChI is InChI=1S/C17H22N4OS/c1-12-10-19-21(11-12)14-7-5-13(6-8-14)20-16(22)15-4-3-9-18-17(15)23-2/h3-4,9-11,13-14H,5-8H2,1-2H3,(H,20,22). The van der Waals surface area contributed by atoms with E-state index in [4.69, 9.17) is 0 Å². The predicted molar refractivity (Wildman–Crippen MR) is 91.7 cm³/mol. The third kappa shape index (κ3) is 3.75. The van der Waals surface area contributed by atoms with Crippen LogP contribution >= 0.6 is 11.8 Å². The topological polar surface area (TPSA) is 59.8 Å². The molecule has 1 N–H and O–H groups in total. The molecule has 0 aromatic carbocycles. The number of carbonyl (C=O) groups is 1. The Morgan fingerprint density at radius 3 is 2.78 bits per heavy atom. The molecular weight excluding hydrogens is 308 g/mol. The minimum Gasteiger partial charge on any atom is -0.349 e. The Bertz CT molecular complexity index is 677. The van der Waals surface area contributed by atoms with E-state index in [9.17, 15) is 4.79 Å². The molecule has 1 aliphatic rings. The molecule has 2 heterocycles. The van der Waals surface area contributed by atoms with Gasteiger partial charge in [-0.05, 0) is 56.6 Å². The van der Waals surface area contributed by atoms with Crippen molar-refractivity contribution in [2.45, 2.75) is 49.7 Å². The molecule has 0 saturated heterocycles. The van der Waals surface area contributed by atoms with Gasteiger partial charge < -0.3 is 5.32 Å². The second-order valence-corrected chi connectivity index (χ2v) is 6.83. The van der Waals surface area contributed by atoms with Crippen molar-refractivity contribution in [3.63, 3.8) is 0 Å². The number of rotatable bonds is 4. The molecule has 0 spiro atoms. The number of aromatic nitrogens is 3. The number of thioether (sulfide) groups is 1. The van der Waals surface area contributed by atoms with Gasteiger partial charge in [-0.15, -0.1) is 11.8 Å². The maximum atomic E-state index is 12.5. The van der Waals surface area contributed by atoms with Crippen molar-refractivity contribution < 1.29 is 4.79 Å². The number of aryl methyl sites for hydroxylation is 1. The maximum Gasteiger partial charge on any atom is 0.254 e. The maximum absolute atomic E-state index is 12.5. The average molecular weight is 330 g/mol. The van der Waals surface area contributed by atoms with Crippen LogP contribution in [0.1, 0.15) is 47.6 Å². The minimum absolute atomic E-state index is 0.0131. The quantitative estimate of drug-likeness (QED) is 0.875. The van der Waals surface area contributed by atoms with Crippen LogP contribution in [-0.2, 0) is 0 Å². The zero-order chi connectivity index (χ0) is 16.2. The number of nitrogens with zero attached hydrogens (tertiary/aromatic N) is 3. The number of hydrogen-bond acceptors (Lipinski definition) is 4. The van der Waals surface area contributed by atoms with Crippen molar-refractivity contribution in [1.82, 2.24) is 20.1 Å². The third-order valence-corrected chi connectivity index (χ3v) is 5.06. The fourth-order valence-corrected chi connectivity index (χ4v) is 3.65. The van der Waals surface area contributed by atoms with E-state index < -0.39 is 0 Å². The highest BCUT2D eigenvalue weighted by Crippen LogP contribution is 2.28. The highest BCUT2D eigenvalue weighted by Gasteiger charge is 2.24. The Morgan fingerprint density at radius 2 is 2.13 bits per heavy atom. The first-order chi connectivity index (χ1) is 11.2. The molecule has 6 heteroatoms. The molecule has 3 rings (SSSR count). The lowest BCUT2D eigenvalue weighted by Gasteiger charge is -2.29. The van der Waals surface area contributed by atoms with Gasteiger partial charge in [0, 0.05) is 18.4 Å². The summed E-state index contributed by atoms with van der Waals surface area (Å²) in [6.45, 7) is 2.06. The highest BCUT2D eigenvalue weighted by atomic mass is 32.2. The van der Waals surface area contributed by atoms with Gasteiger partial charge in [-0.25, -0.2) is 4.98 Å². The first kappa shape index (κ1) is 16.1. The molecule has 0 radical (unpaired) electrons. The monoisotopic (exact) mass is 330 g/mol. The zero-order valence-electron chi connectivity index (χ0n) is 13.5. The lowest BCUT2D eigenvalue weighted by atomic mass is 9.91. The van der Waals surface area contributed by atoms with Crippen molar-refractivity contribution in [2.24, 2.45) is 0 Å². The largest absolute Gasteiger partial charge is 0.349 e. The molecule has 0 aliphatic heterocycles. The molecule has 1 amide bonds. The normalized spacial score (nSPS) is 21.1. The molecule has 0 unspecified atom stereocenters. The van der Waals surface area contributed by atoms with E-state index >= 15 is 0 Å². The Kier molecular flexibility index (Phi) is 5.00. The van der Waals surface area contributed by atoms with Gasteiger partial charge in [0.15, 0.2) is 0 Å². The van der Waals surface area contributed by atoms with E-state index in [2.05, 4.69) is 33.2 Å². The van der Waals surface area contributed by atoms with Gasteiger partial charge in [-0.3, -0.25) is 9.48 Å². The number of amides is 1. The number of hydrogen-bond donors (Lipinski definition) is 1. The van der Waals surface area contributed by atoms with Crippen LogP contribution in [0.4, 0.5) is 0 Å². The van der Waals surface area contributed by atoms with Crippen molar-refractivity contribution in [3.05, 3.63) is 41.9 Å². The summed E-state index contributed by atoms with van der Waals surface area (Å²) in [5, 5.41) is 8.36. The fourth-order valence-electron chi connectivity index (χ4n) is 3.11. The van der Waals surface area contributed by atoms with Crippen molar-refractivity contribution in [1.29, 1.82) is 0 Å². The summed E-state index contributed by atoms with van der Waals surface area (Å²) in [7, 11) is 0. The molecule has 5 nitrogen and oxygen atoms in total. The molecule has 23 heavy (non-hydrogen) atoms. The Hall–Kier alpha value is -1.82. The van der Waals surface area contributed by atoms with Crippen LogP contribution in [0.3, 0.4) is 0 Å². The molecule has 0 bridgehead atoms. The van der Waals surface area contributed by atoms with Crippen LogP contribution in [0.25, 0.3) is 0 Å². The van der Waals surface area contributed by atoms with Gasteiger partial charge in [0.05, 0.1) is 17.8 Å². The molecule has 1 fully saturated rings. The van der Waals surface area contributed by atoms with Crippen molar-refractivity contribution in [2.75, 3.05) is 6.26 Å². The lowest BCUT2D eigenvalue weighted by molar-refractivity contribution is 0.0918. The van der Waals surface area contributed by atoms with Crippen molar-refractivity contribution >= 4 is 17.7 Å². The van der Waals surface area contributed by atoms with Gasteiger partial charge in [0.25, 0.3) is 5.91 Å². The third-order valence-electron chi connectivity index (χ3n) is 4.35. The van der Waals surface area contributed by atoms with Gasteiger partial charge in [-0.1, -0.05) is 0 Å². The van der Waals surface area contributed by atoms with Crippen LogP contribution in [-0.4, -0.2) is 33.0 Å². The van der Waals surface area contributed by atoms with E-state index in [1.165, 1.54) is 17.3 Å². The summed E-state index contributed by atoms with van der Waals surface area (Å²) in [6.07, 6.45) is 11.7. The predicted octanol–water partition coefficient (Wildman–Crippen LogP) is 3.22. The molecule has 1 aliphatic carbocycles. The summed E-state index contributed by atoms with van der Waals surface area (Å²) in [5.74, 6) is -0.0131. The smallest absolute Gasteiger partial charge is 0.254 e. The summed E-state index contributed by atoms with van der Waals surface area (Å²) >= 11 is 1.50. The van der Waals surface area contributed by atoms with Crippen LogP contribution in [0.5, 0.6) is 0 Å². The summed E-state index contributed by atoms with van der Waals surface area (Å²) in [4.78, 5) is 16.7. The van der Waals surface area contributed by atoms with E-state index in [-0.39, 0.29) is 11.9 Å². The molecule has 2 aromatic rings. The number of pyridine rings is 1. The van der Waals surface area contributed by atoms with E-state index in [0.717, 1.165) is 30.7 Å². The Morgan fingerprint density at radius 1 is 1.35 bits per heavy atom. The zero-order valence-corrected chi connectivity index (χ0v) is 14.3. The van der Waals surface area contributed by atoms with E-state index in [0.29, 0.717) is 11.6 Å². The highest BCUT2D eigenvalue weighted by molar-refractivity contribution is 7.98. The molecular formula is C17H22N4OS. The van der Waals surface area contributed by atoms with E-state index in [1.807, 2.05) is 24.6 Å². The van der Waals surface area contributed by atoms with Gasteiger partial charge >= 0.3 is 0 Å². The van der Waals surface area contributed by atoms with Gasteiger partial charge in [0.1, 0.15) is 5.03 Å². The second-order valence-electron chi connectivity index (χ2n) is 6.04. The van der Waals surface area contributed by atoms with Gasteiger partial charge in [-0.2, -0.15) is 5.10 Å².